The Hall–Kier alpha value is -3.82. The van der Waals surface area contributed by atoms with E-state index in [1.165, 1.54) is 0 Å². The number of H-pyrrole nitrogens is 1. The standard InChI is InChI=1S/C21H21N9O/c1-2-30-20-16(12-23-30)18(24-14-6-4-3-5-7-14)15(11-22-20)17-10-21(31-27-17)8-13(9-21)19-25-28-29-26-19/h3-7,11-13H,2,8-10H2,1H3,(H,22,24)(H,25,26,28,29). The van der Waals surface area contributed by atoms with Crippen LogP contribution in [0.1, 0.15) is 43.5 Å². The van der Waals surface area contributed by atoms with Crippen molar-refractivity contribution in [3.63, 3.8) is 0 Å². The Morgan fingerprint density at radius 3 is 2.87 bits per heavy atom. The summed E-state index contributed by atoms with van der Waals surface area (Å²) in [6.45, 7) is 2.81. The molecule has 0 amide bonds. The van der Waals surface area contributed by atoms with Crippen LogP contribution in [0.4, 0.5) is 11.4 Å². The number of tetrazole rings is 1. The number of aromatic amines is 1. The number of rotatable bonds is 5. The van der Waals surface area contributed by atoms with E-state index in [9.17, 15) is 0 Å². The molecule has 10 heteroatoms. The van der Waals surface area contributed by atoms with Crippen LogP contribution in [-0.4, -0.2) is 46.7 Å². The molecular weight excluding hydrogens is 394 g/mol. The number of para-hydroxylation sites is 1. The number of nitrogens with zero attached hydrogens (tertiary/aromatic N) is 7. The summed E-state index contributed by atoms with van der Waals surface area (Å²) in [6.07, 6.45) is 6.11. The maximum atomic E-state index is 5.94. The molecule has 10 nitrogen and oxygen atoms in total. The average Bonchev–Trinajstić information content (AvgIpc) is 3.52. The molecule has 2 aliphatic rings. The third-order valence-electron chi connectivity index (χ3n) is 6.12. The van der Waals surface area contributed by atoms with Crippen LogP contribution in [0, 0.1) is 0 Å². The van der Waals surface area contributed by atoms with Crippen LogP contribution < -0.4 is 5.32 Å². The fourth-order valence-electron chi connectivity index (χ4n) is 4.53. The van der Waals surface area contributed by atoms with E-state index in [-0.39, 0.29) is 11.5 Å². The fraction of sp³-hybridized carbons (Fsp3) is 0.333. The van der Waals surface area contributed by atoms with Crippen molar-refractivity contribution in [1.29, 1.82) is 0 Å². The second-order valence-corrected chi connectivity index (χ2v) is 8.10. The van der Waals surface area contributed by atoms with Crippen molar-refractivity contribution in [2.45, 2.75) is 44.2 Å². The van der Waals surface area contributed by atoms with E-state index in [0.29, 0.717) is 0 Å². The molecule has 4 aromatic rings. The zero-order valence-electron chi connectivity index (χ0n) is 17.0. The van der Waals surface area contributed by atoms with Gasteiger partial charge < -0.3 is 10.2 Å². The van der Waals surface area contributed by atoms with Crippen molar-refractivity contribution < 1.29 is 4.84 Å². The number of fused-ring (bicyclic) bond motifs is 1. The fourth-order valence-corrected chi connectivity index (χ4v) is 4.53. The summed E-state index contributed by atoms with van der Waals surface area (Å²) in [5.74, 6) is 0.989. The molecule has 1 aliphatic carbocycles. The molecule has 2 N–H and O–H groups in total. The molecule has 0 unspecified atom stereocenters. The minimum absolute atomic E-state index is 0.249. The van der Waals surface area contributed by atoms with E-state index in [1.807, 2.05) is 47.4 Å². The normalized spacial score (nSPS) is 22.4. The Morgan fingerprint density at radius 2 is 2.10 bits per heavy atom. The van der Waals surface area contributed by atoms with Crippen LogP contribution in [0.3, 0.4) is 0 Å². The summed E-state index contributed by atoms with van der Waals surface area (Å²) >= 11 is 0. The highest BCUT2D eigenvalue weighted by atomic mass is 16.7. The van der Waals surface area contributed by atoms with Gasteiger partial charge in [-0.1, -0.05) is 28.6 Å². The summed E-state index contributed by atoms with van der Waals surface area (Å²) in [7, 11) is 0. The molecule has 4 heterocycles. The molecule has 1 saturated carbocycles. The average molecular weight is 415 g/mol. The number of benzene rings is 1. The molecule has 3 aromatic heterocycles. The van der Waals surface area contributed by atoms with Crippen LogP contribution in [0.25, 0.3) is 11.0 Å². The molecule has 6 rings (SSSR count). The van der Waals surface area contributed by atoms with Gasteiger partial charge in [-0.25, -0.2) is 9.67 Å². The SMILES string of the molecule is CCn1ncc2c(Nc3ccccc3)c(C3=NOC4(C3)CC(c3nn[nH]n3)C4)cnc21. The predicted molar refractivity (Wildman–Crippen MR) is 114 cm³/mol. The number of aryl methyl sites for hydroxylation is 1. The van der Waals surface area contributed by atoms with E-state index in [4.69, 9.17) is 9.82 Å². The molecular formula is C21H21N9O. The van der Waals surface area contributed by atoms with Gasteiger partial charge in [-0.2, -0.15) is 10.3 Å². The maximum Gasteiger partial charge on any atom is 0.177 e. The highest BCUT2D eigenvalue weighted by molar-refractivity contribution is 6.11. The van der Waals surface area contributed by atoms with Gasteiger partial charge in [0.1, 0.15) is 5.60 Å². The van der Waals surface area contributed by atoms with Crippen molar-refractivity contribution in [1.82, 2.24) is 35.4 Å². The molecule has 156 valence electrons. The third-order valence-corrected chi connectivity index (χ3v) is 6.12. The molecule has 31 heavy (non-hydrogen) atoms. The zero-order valence-corrected chi connectivity index (χ0v) is 17.0. The van der Waals surface area contributed by atoms with Crippen molar-refractivity contribution >= 4 is 28.1 Å². The molecule has 1 aromatic carbocycles. The Bertz CT molecular complexity index is 1260. The first kappa shape index (κ1) is 18.0. The Balaban J connectivity index is 1.33. The van der Waals surface area contributed by atoms with Crippen molar-refractivity contribution in [3.8, 4) is 0 Å². The first-order chi connectivity index (χ1) is 15.2. The van der Waals surface area contributed by atoms with E-state index < -0.39 is 0 Å². The molecule has 1 aliphatic heterocycles. The highest BCUT2D eigenvalue weighted by Crippen LogP contribution is 2.51. The largest absolute Gasteiger partial charge is 0.389 e. The topological polar surface area (TPSA) is 119 Å². The molecule has 0 saturated heterocycles. The van der Waals surface area contributed by atoms with Crippen LogP contribution in [0.5, 0.6) is 0 Å². The van der Waals surface area contributed by atoms with E-state index in [1.54, 1.807) is 0 Å². The number of hydrogen-bond acceptors (Lipinski definition) is 8. The number of oxime groups is 1. The molecule has 0 bridgehead atoms. The van der Waals surface area contributed by atoms with Crippen molar-refractivity contribution in [3.05, 3.63) is 54.1 Å². The molecule has 1 fully saturated rings. The van der Waals surface area contributed by atoms with E-state index in [2.05, 4.69) is 43.1 Å². The molecule has 0 radical (unpaired) electrons. The Morgan fingerprint density at radius 1 is 1.23 bits per heavy atom. The van der Waals surface area contributed by atoms with Gasteiger partial charge in [0.2, 0.25) is 0 Å². The minimum Gasteiger partial charge on any atom is -0.389 e. The Labute approximate surface area is 177 Å². The third kappa shape index (κ3) is 2.94. The lowest BCUT2D eigenvalue weighted by Gasteiger charge is -2.40. The molecule has 1 spiro atoms. The molecule has 0 atom stereocenters. The van der Waals surface area contributed by atoms with Gasteiger partial charge in [0.25, 0.3) is 0 Å². The van der Waals surface area contributed by atoms with Gasteiger partial charge in [0, 0.05) is 49.2 Å². The summed E-state index contributed by atoms with van der Waals surface area (Å²) < 4.78 is 1.89. The van der Waals surface area contributed by atoms with Gasteiger partial charge in [-0.05, 0) is 19.1 Å². The lowest BCUT2D eigenvalue weighted by Crippen LogP contribution is -2.43. The highest BCUT2D eigenvalue weighted by Gasteiger charge is 2.52. The van der Waals surface area contributed by atoms with Crippen molar-refractivity contribution in [2.75, 3.05) is 5.32 Å². The minimum atomic E-state index is -0.298. The first-order valence-corrected chi connectivity index (χ1v) is 10.4. The van der Waals surface area contributed by atoms with E-state index >= 15 is 0 Å². The summed E-state index contributed by atoms with van der Waals surface area (Å²) in [4.78, 5) is 10.6. The van der Waals surface area contributed by atoms with Crippen LogP contribution in [0.2, 0.25) is 0 Å². The van der Waals surface area contributed by atoms with Gasteiger partial charge in [0.05, 0.1) is 23.0 Å². The maximum absolute atomic E-state index is 5.94. The predicted octanol–water partition coefficient (Wildman–Crippen LogP) is 3.15. The van der Waals surface area contributed by atoms with Crippen LogP contribution in [-0.2, 0) is 11.4 Å². The van der Waals surface area contributed by atoms with Gasteiger partial charge in [0.15, 0.2) is 11.5 Å². The summed E-state index contributed by atoms with van der Waals surface area (Å²) in [5.41, 5.74) is 4.32. The zero-order chi connectivity index (χ0) is 20.8. The van der Waals surface area contributed by atoms with Crippen LogP contribution >= 0.6 is 0 Å². The Kier molecular flexibility index (Phi) is 3.98. The monoisotopic (exact) mass is 415 g/mol. The second kappa shape index (κ2) is 6.86. The lowest BCUT2D eigenvalue weighted by molar-refractivity contribution is -0.0893. The van der Waals surface area contributed by atoms with Gasteiger partial charge in [-0.15, -0.1) is 10.2 Å². The number of aromatic nitrogens is 7. The van der Waals surface area contributed by atoms with Gasteiger partial charge >= 0.3 is 0 Å². The number of anilines is 2. The quantitative estimate of drug-likeness (QED) is 0.514. The first-order valence-electron chi connectivity index (χ1n) is 10.4. The van der Waals surface area contributed by atoms with Gasteiger partial charge in [-0.3, -0.25) is 0 Å². The lowest BCUT2D eigenvalue weighted by atomic mass is 9.68. The van der Waals surface area contributed by atoms with Crippen molar-refractivity contribution in [2.24, 2.45) is 5.16 Å². The second-order valence-electron chi connectivity index (χ2n) is 8.10. The van der Waals surface area contributed by atoms with E-state index in [0.717, 1.165) is 65.3 Å². The number of hydrogen-bond donors (Lipinski definition) is 2. The van der Waals surface area contributed by atoms with Crippen LogP contribution in [0.15, 0.2) is 47.9 Å². The summed E-state index contributed by atoms with van der Waals surface area (Å²) in [5, 5.41) is 27.9. The number of pyridine rings is 1. The number of nitrogens with one attached hydrogen (secondary N) is 2. The summed E-state index contributed by atoms with van der Waals surface area (Å²) in [6, 6.07) is 10.1. The smallest absolute Gasteiger partial charge is 0.177 e.